The van der Waals surface area contributed by atoms with Gasteiger partial charge in [-0.15, -0.1) is 9.35 Å². The van der Waals surface area contributed by atoms with Gasteiger partial charge in [-0.2, -0.15) is 43.1 Å². The average Bonchev–Trinajstić information content (AvgIpc) is 3.24. The van der Waals surface area contributed by atoms with Crippen molar-refractivity contribution in [2.45, 2.75) is 0 Å². The summed E-state index contributed by atoms with van der Waals surface area (Å²) in [6.07, 6.45) is 0. The van der Waals surface area contributed by atoms with Crippen LogP contribution in [0.25, 0.3) is 0 Å². The quantitative estimate of drug-likeness (QED) is 0.0465. The highest BCUT2D eigenvalue weighted by atomic mass is 31.3. The lowest BCUT2D eigenvalue weighted by molar-refractivity contribution is 0.0850. The van der Waals surface area contributed by atoms with Crippen molar-refractivity contribution < 1.29 is 156 Å². The molecular formula is H11O34P11. The van der Waals surface area contributed by atoms with Gasteiger partial charge in [0.05, 0.1) is 0 Å². The normalized spacial score (nSPS) is 27.4. The number of phosphoric acid groups is 11. The van der Waals surface area contributed by atoms with Crippen LogP contribution in [0.5, 0.6) is 0 Å². The predicted octanol–water partition coefficient (Wildman–Crippen LogP) is 1.22. The fourth-order valence-corrected chi connectivity index (χ4v) is 15.8. The molecule has 0 aromatic carbocycles. The molecule has 1 saturated heterocycles. The molecule has 0 aromatic heterocycles. The molecule has 45 heteroatoms. The van der Waals surface area contributed by atoms with Crippen molar-refractivity contribution in [3.8, 4) is 0 Å². The molecule has 1 heterocycles. The summed E-state index contributed by atoms with van der Waals surface area (Å²) in [7, 11) is -70.2. The van der Waals surface area contributed by atoms with Crippen molar-refractivity contribution in [2.24, 2.45) is 0 Å². The largest absolute Gasteiger partial charge is 0.539 e. The molecule has 0 spiro atoms. The van der Waals surface area contributed by atoms with Crippen molar-refractivity contribution in [1.29, 1.82) is 0 Å². The van der Waals surface area contributed by atoms with Gasteiger partial charge >= 0.3 is 86.0 Å². The molecule has 1 rings (SSSR count). The highest BCUT2D eigenvalue weighted by Gasteiger charge is 2.56. The Morgan fingerprint density at radius 2 is 0.511 bits per heavy atom. The van der Waals surface area contributed by atoms with E-state index in [-0.39, 0.29) is 0 Å². The lowest BCUT2D eigenvalue weighted by Gasteiger charge is -2.21. The van der Waals surface area contributed by atoms with Gasteiger partial charge in [-0.05, 0) is 0 Å². The highest BCUT2D eigenvalue weighted by Crippen LogP contribution is 2.80. The zero-order chi connectivity index (χ0) is 36.0. The molecule has 0 radical (unpaired) electrons. The Bertz CT molecular complexity index is 1550. The number of hydrogen-bond donors (Lipinski definition) is 11. The fraction of sp³-hybridized carbons (Fsp3) is 0. The van der Waals surface area contributed by atoms with E-state index in [1.54, 1.807) is 0 Å². The van der Waals surface area contributed by atoms with Crippen molar-refractivity contribution in [3.05, 3.63) is 0 Å². The first-order valence-corrected chi connectivity index (χ1v) is 24.8. The van der Waals surface area contributed by atoms with E-state index in [1.165, 1.54) is 0 Å². The zero-order valence-corrected chi connectivity index (χ0v) is 29.1. The van der Waals surface area contributed by atoms with Gasteiger partial charge in [0.15, 0.2) is 0 Å². The van der Waals surface area contributed by atoms with Crippen LogP contribution in [0.15, 0.2) is 0 Å². The zero-order valence-electron chi connectivity index (χ0n) is 19.2. The summed E-state index contributed by atoms with van der Waals surface area (Å²) in [5.74, 6) is 0. The van der Waals surface area contributed by atoms with Crippen LogP contribution < -0.4 is 0 Å². The summed E-state index contributed by atoms with van der Waals surface area (Å²) in [6, 6.07) is 0. The fourth-order valence-electron chi connectivity index (χ4n) is 1.49. The first kappa shape index (κ1) is 44.6. The minimum atomic E-state index is -6.85. The third kappa shape index (κ3) is 19.6. The van der Waals surface area contributed by atoms with E-state index < -0.39 is 86.0 Å². The molecule has 0 aromatic rings. The topological polar surface area (TPSA) is 528 Å². The van der Waals surface area contributed by atoms with Crippen molar-refractivity contribution in [1.82, 2.24) is 0 Å². The summed E-state index contributed by atoms with van der Waals surface area (Å²) in [6.45, 7) is 0. The molecule has 9 unspecified atom stereocenters. The maximum atomic E-state index is 11.7. The van der Waals surface area contributed by atoms with Gasteiger partial charge in [-0.1, -0.05) is 0 Å². The van der Waals surface area contributed by atoms with E-state index in [2.05, 4.69) is 52.5 Å². The summed E-state index contributed by atoms with van der Waals surface area (Å²) in [4.78, 5) is 99.3. The maximum Gasteiger partial charge on any atom is 0.539 e. The van der Waals surface area contributed by atoms with Crippen LogP contribution in [0.4, 0.5) is 0 Å². The van der Waals surface area contributed by atoms with Crippen molar-refractivity contribution in [3.63, 3.8) is 0 Å². The lowest BCUT2D eigenvalue weighted by Crippen LogP contribution is -2.00. The van der Waals surface area contributed by atoms with Crippen molar-refractivity contribution in [2.75, 3.05) is 0 Å². The van der Waals surface area contributed by atoms with E-state index >= 15 is 0 Å². The third-order valence-electron chi connectivity index (χ3n) is 2.26. The summed E-state index contributed by atoms with van der Waals surface area (Å²) >= 11 is 0. The van der Waals surface area contributed by atoms with Crippen LogP contribution in [-0.4, -0.2) is 53.8 Å². The molecular weight excluding hydrogens is 885 g/mol. The molecule has 0 saturated carbocycles. The minimum Gasteiger partial charge on any atom is -0.302 e. The Balaban J connectivity index is 2.92. The van der Waals surface area contributed by atoms with Crippen LogP contribution in [0, 0.1) is 0 Å². The van der Waals surface area contributed by atoms with Crippen LogP contribution in [0.1, 0.15) is 0 Å². The second-order valence-electron chi connectivity index (χ2n) is 6.12. The van der Waals surface area contributed by atoms with E-state index in [1.807, 2.05) is 0 Å². The Labute approximate surface area is 242 Å². The van der Waals surface area contributed by atoms with Crippen LogP contribution in [0.3, 0.4) is 0 Å². The number of rotatable bonds is 20. The van der Waals surface area contributed by atoms with Gasteiger partial charge in [0, 0.05) is 0 Å². The maximum absolute atomic E-state index is 11.7. The molecule has 0 aliphatic carbocycles. The average molecular weight is 896 g/mol. The standard InChI is InChI=1S/H11O34P11/c1-35(2,3)25-36(4,5)26-37(6,7)27-38(8,9)28-39(10,11)29-40(12,13)30-41(14,15)31-42(16,17)32-43(18,19)33-44(20,21)34-45(22)23-24-45/h(H,4,5)(H,6,7)(H,8,9)(H,10,11)(H,12,13)(H,14,15)(H,16,17)(H,18,19)(H,20,21)(H2,1,2,3). The predicted molar refractivity (Wildman–Crippen MR) is 121 cm³/mol. The first-order chi connectivity index (χ1) is 19.3. The molecule has 0 bridgehead atoms. The first-order valence-electron chi connectivity index (χ1n) is 8.39. The molecule has 34 nitrogen and oxygen atoms in total. The van der Waals surface area contributed by atoms with Gasteiger partial charge in [0.2, 0.25) is 0 Å². The second-order valence-corrected chi connectivity index (χ2v) is 23.3. The molecule has 1 fully saturated rings. The SMILES string of the molecule is O=P(O)(O)OP(=O)(O)OP(=O)(O)OP(=O)(O)OP(=O)(O)OP(=O)(O)OP(=O)(O)OP(=O)(O)OP(=O)(O)OP(=O)(O)OP1(=O)OO1. The van der Waals surface area contributed by atoms with E-state index in [9.17, 15) is 79.6 Å². The minimum absolute atomic E-state index is 3.01. The molecule has 1 aliphatic rings. The van der Waals surface area contributed by atoms with E-state index in [4.69, 9.17) is 24.5 Å². The molecule has 270 valence electrons. The van der Waals surface area contributed by atoms with Gasteiger partial charge < -0.3 is 53.8 Å². The molecule has 0 amide bonds. The summed E-state index contributed by atoms with van der Waals surface area (Å²) in [5, 5.41) is 0. The second kappa shape index (κ2) is 14.3. The van der Waals surface area contributed by atoms with Gasteiger partial charge in [-0.3, -0.25) is 0 Å². The Kier molecular flexibility index (Phi) is 14.2. The Morgan fingerprint density at radius 3 is 0.689 bits per heavy atom. The molecule has 45 heavy (non-hydrogen) atoms. The van der Waals surface area contributed by atoms with Crippen LogP contribution in [0.2, 0.25) is 0 Å². The van der Waals surface area contributed by atoms with Crippen LogP contribution in [-0.2, 0) is 103 Å². The Morgan fingerprint density at radius 1 is 0.333 bits per heavy atom. The van der Waals surface area contributed by atoms with Gasteiger partial charge in [0.1, 0.15) is 0 Å². The van der Waals surface area contributed by atoms with E-state index in [0.29, 0.717) is 0 Å². The smallest absolute Gasteiger partial charge is 0.302 e. The third-order valence-corrected chi connectivity index (χ3v) is 19.2. The van der Waals surface area contributed by atoms with Crippen molar-refractivity contribution >= 4 is 86.0 Å². The summed E-state index contributed by atoms with van der Waals surface area (Å²) < 4.78 is 165. The van der Waals surface area contributed by atoms with Gasteiger partial charge in [-0.25, -0.2) is 50.2 Å². The molecule has 11 N–H and O–H groups in total. The van der Waals surface area contributed by atoms with Gasteiger partial charge in [0.25, 0.3) is 0 Å². The molecule has 1 aliphatic heterocycles. The monoisotopic (exact) mass is 896 g/mol. The lowest BCUT2D eigenvalue weighted by atomic mass is 15.0. The Hall–Kier alpha value is 1.61. The van der Waals surface area contributed by atoms with Crippen LogP contribution >= 0.6 is 86.0 Å². The highest BCUT2D eigenvalue weighted by molar-refractivity contribution is 7.75. The number of hydrogen-bond acceptors (Lipinski definition) is 23. The molecule has 9 atom stereocenters. The van der Waals surface area contributed by atoms with E-state index in [0.717, 1.165) is 0 Å². The summed E-state index contributed by atoms with van der Waals surface area (Å²) in [5.41, 5.74) is 0.